The zero-order chi connectivity index (χ0) is 11.8. The van der Waals surface area contributed by atoms with Gasteiger partial charge in [-0.05, 0) is 37.7 Å². The Morgan fingerprint density at radius 3 is 2.50 bits per heavy atom. The normalized spacial score (nSPS) is 24.8. The lowest BCUT2D eigenvalue weighted by atomic mass is 9.99. The number of hydrogen-bond donors (Lipinski definition) is 1. The van der Waals surface area contributed by atoms with Crippen LogP contribution >= 0.6 is 12.2 Å². The molecule has 2 rings (SSSR count). The summed E-state index contributed by atoms with van der Waals surface area (Å²) in [5.74, 6) is 0.0196. The molecule has 1 aliphatic heterocycles. The van der Waals surface area contributed by atoms with E-state index in [0.717, 1.165) is 12.1 Å². The molecule has 0 aliphatic carbocycles. The Morgan fingerprint density at radius 1 is 1.38 bits per heavy atom. The monoisotopic (exact) mass is 234 g/mol. The minimum Gasteiger partial charge on any atom is -0.348 e. The van der Waals surface area contributed by atoms with Crippen molar-refractivity contribution in [3.05, 3.63) is 30.3 Å². The van der Waals surface area contributed by atoms with Crippen LogP contribution < -0.4 is 10.2 Å². The number of para-hydroxylation sites is 1. The molecule has 3 nitrogen and oxygen atoms in total. The molecule has 1 amide bonds. The van der Waals surface area contributed by atoms with E-state index in [0.29, 0.717) is 5.11 Å². The van der Waals surface area contributed by atoms with E-state index < -0.39 is 5.54 Å². The fourth-order valence-electron chi connectivity index (χ4n) is 1.74. The third kappa shape index (κ3) is 1.59. The number of benzene rings is 1. The summed E-state index contributed by atoms with van der Waals surface area (Å²) in [6.45, 7) is 3.85. The Hall–Kier alpha value is -1.42. The summed E-state index contributed by atoms with van der Waals surface area (Å²) in [5, 5.41) is 3.57. The number of hydrogen-bond acceptors (Lipinski definition) is 2. The summed E-state index contributed by atoms with van der Waals surface area (Å²) in [5.41, 5.74) is 0.259. The van der Waals surface area contributed by atoms with Crippen LogP contribution in [-0.4, -0.2) is 16.6 Å². The van der Waals surface area contributed by atoms with Crippen LogP contribution in [0.15, 0.2) is 30.3 Å². The van der Waals surface area contributed by atoms with Gasteiger partial charge in [0, 0.05) is 0 Å². The summed E-state index contributed by atoms with van der Waals surface area (Å²) >= 11 is 5.21. The molecule has 1 fully saturated rings. The Labute approximate surface area is 100 Å². The van der Waals surface area contributed by atoms with Crippen molar-refractivity contribution < 1.29 is 4.79 Å². The number of amides is 1. The number of nitrogens with one attached hydrogen (secondary N) is 1. The highest BCUT2D eigenvalue weighted by Gasteiger charge is 2.44. The van der Waals surface area contributed by atoms with Crippen LogP contribution in [0.3, 0.4) is 0 Å². The highest BCUT2D eigenvalue weighted by atomic mass is 32.1. The second kappa shape index (κ2) is 3.87. The molecule has 0 saturated carbocycles. The molecule has 84 valence electrons. The summed E-state index contributed by atoms with van der Waals surface area (Å²) in [4.78, 5) is 13.8. The van der Waals surface area contributed by atoms with Crippen molar-refractivity contribution >= 4 is 28.9 Å². The molecular formula is C12H14N2OS. The van der Waals surface area contributed by atoms with Gasteiger partial charge in [0.15, 0.2) is 5.11 Å². The van der Waals surface area contributed by atoms with Gasteiger partial charge in [-0.25, -0.2) is 0 Å². The smallest absolute Gasteiger partial charge is 0.258 e. The highest BCUT2D eigenvalue weighted by molar-refractivity contribution is 7.80. The standard InChI is InChI=1S/C12H14N2OS/c1-3-12(2)10(15)14(11(16)13-12)9-7-5-4-6-8-9/h4-8H,3H2,1-2H3,(H,13,16). The largest absolute Gasteiger partial charge is 0.348 e. The maximum atomic E-state index is 12.2. The van der Waals surface area contributed by atoms with Crippen molar-refractivity contribution in [3.8, 4) is 0 Å². The van der Waals surface area contributed by atoms with E-state index in [-0.39, 0.29) is 5.91 Å². The first-order chi connectivity index (χ1) is 7.58. The summed E-state index contributed by atoms with van der Waals surface area (Å²) in [6, 6.07) is 9.47. The molecule has 0 radical (unpaired) electrons. The van der Waals surface area contributed by atoms with Crippen LogP contribution in [0, 0.1) is 0 Å². The molecule has 0 aromatic heterocycles. The molecule has 4 heteroatoms. The van der Waals surface area contributed by atoms with Gasteiger partial charge in [0.2, 0.25) is 0 Å². The molecule has 16 heavy (non-hydrogen) atoms. The topological polar surface area (TPSA) is 32.3 Å². The Bertz CT molecular complexity index is 432. The zero-order valence-corrected chi connectivity index (χ0v) is 10.2. The fourth-order valence-corrected chi connectivity index (χ4v) is 2.15. The van der Waals surface area contributed by atoms with E-state index >= 15 is 0 Å². The van der Waals surface area contributed by atoms with Gasteiger partial charge < -0.3 is 5.32 Å². The Kier molecular flexibility index (Phi) is 2.68. The summed E-state index contributed by atoms with van der Waals surface area (Å²) in [6.07, 6.45) is 0.718. The van der Waals surface area contributed by atoms with Crippen molar-refractivity contribution in [1.82, 2.24) is 5.32 Å². The lowest BCUT2D eigenvalue weighted by Crippen LogP contribution is -2.43. The number of nitrogens with zero attached hydrogens (tertiary/aromatic N) is 1. The first-order valence-corrected chi connectivity index (χ1v) is 5.71. The van der Waals surface area contributed by atoms with Crippen LogP contribution in [0.4, 0.5) is 5.69 Å². The number of carbonyl (C=O) groups excluding carboxylic acids is 1. The van der Waals surface area contributed by atoms with E-state index in [2.05, 4.69) is 5.32 Å². The second-order valence-electron chi connectivity index (χ2n) is 4.09. The molecule has 1 unspecified atom stereocenters. The minimum absolute atomic E-state index is 0.0196. The molecule has 1 atom stereocenters. The predicted molar refractivity (Wildman–Crippen MR) is 68.4 cm³/mol. The molecule has 1 aromatic rings. The van der Waals surface area contributed by atoms with Crippen LogP contribution in [0.2, 0.25) is 0 Å². The molecule has 1 N–H and O–H groups in total. The maximum Gasteiger partial charge on any atom is 0.258 e. The van der Waals surface area contributed by atoms with Crippen LogP contribution in [0.1, 0.15) is 20.3 Å². The molecule has 1 aliphatic rings. The molecular weight excluding hydrogens is 220 g/mol. The zero-order valence-electron chi connectivity index (χ0n) is 9.36. The molecule has 1 aromatic carbocycles. The van der Waals surface area contributed by atoms with Gasteiger partial charge in [0.1, 0.15) is 5.54 Å². The average molecular weight is 234 g/mol. The van der Waals surface area contributed by atoms with Gasteiger partial charge >= 0.3 is 0 Å². The number of carbonyl (C=O) groups is 1. The predicted octanol–water partition coefficient (Wildman–Crippen LogP) is 2.08. The van der Waals surface area contributed by atoms with Gasteiger partial charge in [-0.3, -0.25) is 9.69 Å². The third-order valence-corrected chi connectivity index (χ3v) is 3.27. The van der Waals surface area contributed by atoms with Crippen molar-refractivity contribution in [1.29, 1.82) is 0 Å². The highest BCUT2D eigenvalue weighted by Crippen LogP contribution is 2.26. The lowest BCUT2D eigenvalue weighted by molar-refractivity contribution is -0.121. The lowest BCUT2D eigenvalue weighted by Gasteiger charge is -2.19. The average Bonchev–Trinajstić information content (AvgIpc) is 2.52. The van der Waals surface area contributed by atoms with Crippen molar-refractivity contribution in [2.75, 3.05) is 4.90 Å². The van der Waals surface area contributed by atoms with E-state index in [4.69, 9.17) is 12.2 Å². The van der Waals surface area contributed by atoms with Gasteiger partial charge in [0.05, 0.1) is 5.69 Å². The third-order valence-electron chi connectivity index (χ3n) is 2.98. The number of thiocarbonyl (C=S) groups is 1. The van der Waals surface area contributed by atoms with Crippen molar-refractivity contribution in [2.24, 2.45) is 0 Å². The van der Waals surface area contributed by atoms with Gasteiger partial charge in [0.25, 0.3) is 5.91 Å². The first-order valence-electron chi connectivity index (χ1n) is 5.30. The summed E-state index contributed by atoms with van der Waals surface area (Å²) < 4.78 is 0. The quantitative estimate of drug-likeness (QED) is 0.795. The maximum absolute atomic E-state index is 12.2. The van der Waals surface area contributed by atoms with Crippen LogP contribution in [0.25, 0.3) is 0 Å². The van der Waals surface area contributed by atoms with Gasteiger partial charge in [-0.2, -0.15) is 0 Å². The number of anilines is 1. The SMILES string of the molecule is CCC1(C)NC(=S)N(c2ccccc2)C1=O. The second-order valence-corrected chi connectivity index (χ2v) is 4.48. The molecule has 1 saturated heterocycles. The van der Waals surface area contributed by atoms with Crippen molar-refractivity contribution in [3.63, 3.8) is 0 Å². The molecule has 0 spiro atoms. The van der Waals surface area contributed by atoms with E-state index in [1.54, 1.807) is 4.90 Å². The van der Waals surface area contributed by atoms with Crippen LogP contribution in [-0.2, 0) is 4.79 Å². The molecule has 1 heterocycles. The molecule has 0 bridgehead atoms. The van der Waals surface area contributed by atoms with E-state index in [1.807, 2.05) is 44.2 Å². The minimum atomic E-state index is -0.563. The van der Waals surface area contributed by atoms with Gasteiger partial charge in [-0.15, -0.1) is 0 Å². The first kappa shape index (κ1) is 11.1. The number of rotatable bonds is 2. The van der Waals surface area contributed by atoms with E-state index in [9.17, 15) is 4.79 Å². The van der Waals surface area contributed by atoms with Crippen molar-refractivity contribution in [2.45, 2.75) is 25.8 Å². The van der Waals surface area contributed by atoms with Crippen LogP contribution in [0.5, 0.6) is 0 Å². The van der Waals surface area contributed by atoms with E-state index in [1.165, 1.54) is 0 Å². The Balaban J connectivity index is 2.38. The Morgan fingerprint density at radius 2 is 2.00 bits per heavy atom. The summed E-state index contributed by atoms with van der Waals surface area (Å²) in [7, 11) is 0. The fraction of sp³-hybridized carbons (Fsp3) is 0.333. The van der Waals surface area contributed by atoms with Gasteiger partial charge in [-0.1, -0.05) is 25.1 Å².